The van der Waals surface area contributed by atoms with Crippen LogP contribution in [0.2, 0.25) is 0 Å². The summed E-state index contributed by atoms with van der Waals surface area (Å²) in [7, 11) is 0. The molecule has 0 spiro atoms. The van der Waals surface area contributed by atoms with Gasteiger partial charge in [0.15, 0.2) is 0 Å². The van der Waals surface area contributed by atoms with Crippen molar-refractivity contribution in [3.05, 3.63) is 23.9 Å². The summed E-state index contributed by atoms with van der Waals surface area (Å²) in [5.74, 6) is 0.688. The molecule has 0 atom stereocenters. The SMILES string of the molecule is CC(C)NCc1cccnc1OCCOC(C)(C)C. The molecule has 108 valence electrons. The number of nitrogens with one attached hydrogen (secondary N) is 1. The van der Waals surface area contributed by atoms with Gasteiger partial charge in [-0.15, -0.1) is 0 Å². The van der Waals surface area contributed by atoms with Gasteiger partial charge in [0.25, 0.3) is 0 Å². The van der Waals surface area contributed by atoms with Crippen molar-refractivity contribution in [1.29, 1.82) is 0 Å². The largest absolute Gasteiger partial charge is 0.475 e. The van der Waals surface area contributed by atoms with E-state index in [0.29, 0.717) is 25.1 Å². The van der Waals surface area contributed by atoms with Crippen molar-refractivity contribution in [3.63, 3.8) is 0 Å². The number of hydrogen-bond acceptors (Lipinski definition) is 4. The fraction of sp³-hybridized carbons (Fsp3) is 0.667. The third-order valence-electron chi connectivity index (χ3n) is 2.41. The molecular weight excluding hydrogens is 240 g/mol. The zero-order valence-corrected chi connectivity index (χ0v) is 12.7. The van der Waals surface area contributed by atoms with E-state index in [1.807, 2.05) is 32.9 Å². The lowest BCUT2D eigenvalue weighted by atomic mass is 10.2. The molecule has 1 N–H and O–H groups in total. The summed E-state index contributed by atoms with van der Waals surface area (Å²) in [6.45, 7) is 12.2. The third kappa shape index (κ3) is 7.13. The number of pyridine rings is 1. The van der Waals surface area contributed by atoms with Gasteiger partial charge in [-0.1, -0.05) is 19.9 Å². The molecule has 0 amide bonds. The summed E-state index contributed by atoms with van der Waals surface area (Å²) < 4.78 is 11.3. The van der Waals surface area contributed by atoms with E-state index in [9.17, 15) is 0 Å². The zero-order chi connectivity index (χ0) is 14.3. The molecule has 0 unspecified atom stereocenters. The van der Waals surface area contributed by atoms with Crippen molar-refractivity contribution in [1.82, 2.24) is 10.3 Å². The van der Waals surface area contributed by atoms with Gasteiger partial charge in [-0.05, 0) is 26.8 Å². The lowest BCUT2D eigenvalue weighted by molar-refractivity contribution is -0.0169. The van der Waals surface area contributed by atoms with Crippen LogP contribution in [-0.4, -0.2) is 29.8 Å². The average molecular weight is 266 g/mol. The smallest absolute Gasteiger partial charge is 0.217 e. The molecule has 0 radical (unpaired) electrons. The molecule has 19 heavy (non-hydrogen) atoms. The summed E-state index contributed by atoms with van der Waals surface area (Å²) in [6.07, 6.45) is 1.75. The Kier molecular flexibility index (Phi) is 6.25. The molecule has 1 heterocycles. The molecule has 1 aromatic heterocycles. The standard InChI is InChI=1S/C15H26N2O2/c1-12(2)17-11-13-7-6-8-16-14(13)18-9-10-19-15(3,4)5/h6-8,12,17H,9-11H2,1-5H3. The van der Waals surface area contributed by atoms with Crippen molar-refractivity contribution in [2.24, 2.45) is 0 Å². The van der Waals surface area contributed by atoms with E-state index in [0.717, 1.165) is 12.1 Å². The highest BCUT2D eigenvalue weighted by Crippen LogP contribution is 2.14. The highest BCUT2D eigenvalue weighted by Gasteiger charge is 2.10. The highest BCUT2D eigenvalue weighted by atomic mass is 16.5. The van der Waals surface area contributed by atoms with Crippen LogP contribution in [0.5, 0.6) is 5.88 Å². The van der Waals surface area contributed by atoms with E-state index in [2.05, 4.69) is 24.1 Å². The molecule has 0 aliphatic rings. The zero-order valence-electron chi connectivity index (χ0n) is 12.7. The molecular formula is C15H26N2O2. The minimum Gasteiger partial charge on any atom is -0.475 e. The molecule has 0 aliphatic carbocycles. The van der Waals surface area contributed by atoms with Gasteiger partial charge < -0.3 is 14.8 Å². The van der Waals surface area contributed by atoms with Crippen LogP contribution >= 0.6 is 0 Å². The predicted octanol–water partition coefficient (Wildman–Crippen LogP) is 2.77. The third-order valence-corrected chi connectivity index (χ3v) is 2.41. The number of nitrogens with zero attached hydrogens (tertiary/aromatic N) is 1. The molecule has 0 saturated heterocycles. The van der Waals surface area contributed by atoms with Gasteiger partial charge in [-0.25, -0.2) is 4.98 Å². The Balaban J connectivity index is 2.44. The Bertz CT molecular complexity index is 373. The summed E-state index contributed by atoms with van der Waals surface area (Å²) in [5.41, 5.74) is 0.946. The van der Waals surface area contributed by atoms with Crippen molar-refractivity contribution in [2.45, 2.75) is 52.8 Å². The molecule has 0 aliphatic heterocycles. The maximum absolute atomic E-state index is 5.69. The second-order valence-corrected chi connectivity index (χ2v) is 5.81. The van der Waals surface area contributed by atoms with Gasteiger partial charge in [-0.2, -0.15) is 0 Å². The quantitative estimate of drug-likeness (QED) is 0.771. The molecule has 1 aromatic rings. The summed E-state index contributed by atoms with van der Waals surface area (Å²) in [4.78, 5) is 4.27. The second kappa shape index (κ2) is 7.46. The van der Waals surface area contributed by atoms with Gasteiger partial charge in [0.2, 0.25) is 5.88 Å². The van der Waals surface area contributed by atoms with E-state index < -0.39 is 0 Å². The normalized spacial score (nSPS) is 11.9. The van der Waals surface area contributed by atoms with Crippen LogP contribution in [0, 0.1) is 0 Å². The van der Waals surface area contributed by atoms with E-state index in [1.54, 1.807) is 6.20 Å². The molecule has 4 nitrogen and oxygen atoms in total. The van der Waals surface area contributed by atoms with Gasteiger partial charge in [0, 0.05) is 24.3 Å². The minimum absolute atomic E-state index is 0.129. The summed E-state index contributed by atoms with van der Waals surface area (Å²) in [5, 5.41) is 3.37. The van der Waals surface area contributed by atoms with Gasteiger partial charge in [-0.3, -0.25) is 0 Å². The average Bonchev–Trinajstić information content (AvgIpc) is 2.32. The molecule has 0 fully saturated rings. The summed E-state index contributed by atoms with van der Waals surface area (Å²) >= 11 is 0. The Morgan fingerprint density at radius 3 is 2.63 bits per heavy atom. The fourth-order valence-corrected chi connectivity index (χ4v) is 1.49. The van der Waals surface area contributed by atoms with Crippen molar-refractivity contribution in [2.75, 3.05) is 13.2 Å². The van der Waals surface area contributed by atoms with Crippen LogP contribution in [-0.2, 0) is 11.3 Å². The van der Waals surface area contributed by atoms with Gasteiger partial charge in [0.05, 0.1) is 12.2 Å². The molecule has 4 heteroatoms. The lowest BCUT2D eigenvalue weighted by Crippen LogP contribution is -2.24. The highest BCUT2D eigenvalue weighted by molar-refractivity contribution is 5.25. The van der Waals surface area contributed by atoms with Crippen molar-refractivity contribution in [3.8, 4) is 5.88 Å². The van der Waals surface area contributed by atoms with Gasteiger partial charge in [0.1, 0.15) is 6.61 Å². The minimum atomic E-state index is -0.129. The number of aromatic nitrogens is 1. The molecule has 0 bridgehead atoms. The van der Waals surface area contributed by atoms with E-state index in [1.165, 1.54) is 0 Å². The molecule has 0 saturated carbocycles. The topological polar surface area (TPSA) is 43.4 Å². The van der Waals surface area contributed by atoms with Gasteiger partial charge >= 0.3 is 0 Å². The number of hydrogen-bond donors (Lipinski definition) is 1. The Morgan fingerprint density at radius 1 is 1.26 bits per heavy atom. The maximum atomic E-state index is 5.69. The first-order valence-corrected chi connectivity index (χ1v) is 6.82. The monoisotopic (exact) mass is 266 g/mol. The Hall–Kier alpha value is -1.13. The lowest BCUT2D eigenvalue weighted by Gasteiger charge is -2.19. The number of rotatable bonds is 7. The summed E-state index contributed by atoms with van der Waals surface area (Å²) in [6, 6.07) is 4.40. The van der Waals surface area contributed by atoms with Crippen LogP contribution < -0.4 is 10.1 Å². The first-order valence-electron chi connectivity index (χ1n) is 6.82. The fourth-order valence-electron chi connectivity index (χ4n) is 1.49. The Labute approximate surface area is 116 Å². The van der Waals surface area contributed by atoms with Crippen LogP contribution in [0.1, 0.15) is 40.2 Å². The number of ether oxygens (including phenoxy) is 2. The maximum Gasteiger partial charge on any atom is 0.217 e. The molecule has 0 aromatic carbocycles. The van der Waals surface area contributed by atoms with Crippen LogP contribution in [0.3, 0.4) is 0 Å². The second-order valence-electron chi connectivity index (χ2n) is 5.81. The van der Waals surface area contributed by atoms with Crippen molar-refractivity contribution >= 4 is 0 Å². The first kappa shape index (κ1) is 15.9. The van der Waals surface area contributed by atoms with E-state index >= 15 is 0 Å². The first-order chi connectivity index (χ1) is 8.88. The van der Waals surface area contributed by atoms with Crippen LogP contribution in [0.15, 0.2) is 18.3 Å². The van der Waals surface area contributed by atoms with Crippen LogP contribution in [0.25, 0.3) is 0 Å². The predicted molar refractivity (Wildman–Crippen MR) is 77.4 cm³/mol. The Morgan fingerprint density at radius 2 is 2.00 bits per heavy atom. The van der Waals surface area contributed by atoms with E-state index in [4.69, 9.17) is 9.47 Å². The van der Waals surface area contributed by atoms with Crippen LogP contribution in [0.4, 0.5) is 0 Å². The van der Waals surface area contributed by atoms with Crippen molar-refractivity contribution < 1.29 is 9.47 Å². The molecule has 1 rings (SSSR count). The van der Waals surface area contributed by atoms with E-state index in [-0.39, 0.29) is 5.60 Å².